The van der Waals surface area contributed by atoms with Crippen molar-refractivity contribution < 1.29 is 14.5 Å². The van der Waals surface area contributed by atoms with Gasteiger partial charge in [-0.2, -0.15) is 0 Å². The highest BCUT2D eigenvalue weighted by atomic mass is 35.5. The fraction of sp³-hybridized carbons (Fsp3) is 0.263. The lowest BCUT2D eigenvalue weighted by molar-refractivity contribution is -0.384. The third kappa shape index (κ3) is 4.98. The Labute approximate surface area is 167 Å². The Kier molecular flexibility index (Phi) is 6.94. The highest BCUT2D eigenvalue weighted by molar-refractivity contribution is 6.43. The van der Waals surface area contributed by atoms with E-state index < -0.39 is 16.7 Å². The number of nitrogens with zero attached hydrogens (tertiary/aromatic N) is 2. The fourth-order valence-corrected chi connectivity index (χ4v) is 2.86. The molecule has 2 N–H and O–H groups in total. The molecule has 2 aromatic rings. The monoisotopic (exact) mass is 404 g/mol. The van der Waals surface area contributed by atoms with Crippen LogP contribution in [0.5, 0.6) is 0 Å². The van der Waals surface area contributed by atoms with Crippen LogP contribution >= 0.6 is 11.6 Å². The standard InChI is InChI=1S/C19H21ClN4O4/c1-4-23(5-2)14-7-9-16(12(3)10-14)22-19(26)18(25)21-13-6-8-15(20)17(11-13)24(27)28/h6-11H,4-5H2,1-3H3,(H,21,25)(H,22,26). The number of hydrogen-bond donors (Lipinski definition) is 2. The van der Waals surface area contributed by atoms with Crippen molar-refractivity contribution in [1.82, 2.24) is 0 Å². The SMILES string of the molecule is CCN(CC)c1ccc(NC(=O)C(=O)Nc2ccc(Cl)c([N+](=O)[O-])c2)c(C)c1. The summed E-state index contributed by atoms with van der Waals surface area (Å²) in [6.07, 6.45) is 0. The maximum absolute atomic E-state index is 12.2. The van der Waals surface area contributed by atoms with Gasteiger partial charge in [-0.05, 0) is 56.7 Å². The van der Waals surface area contributed by atoms with E-state index in [0.717, 1.165) is 30.4 Å². The number of hydrogen-bond acceptors (Lipinski definition) is 5. The van der Waals surface area contributed by atoms with E-state index in [1.165, 1.54) is 12.1 Å². The van der Waals surface area contributed by atoms with Crippen LogP contribution in [0, 0.1) is 17.0 Å². The average molecular weight is 405 g/mol. The van der Waals surface area contributed by atoms with Crippen LogP contribution < -0.4 is 15.5 Å². The summed E-state index contributed by atoms with van der Waals surface area (Å²) in [7, 11) is 0. The second-order valence-corrected chi connectivity index (χ2v) is 6.41. The molecular formula is C19H21ClN4O4. The van der Waals surface area contributed by atoms with E-state index >= 15 is 0 Å². The predicted molar refractivity (Wildman–Crippen MR) is 110 cm³/mol. The van der Waals surface area contributed by atoms with E-state index in [9.17, 15) is 19.7 Å². The van der Waals surface area contributed by atoms with E-state index in [2.05, 4.69) is 29.4 Å². The lowest BCUT2D eigenvalue weighted by atomic mass is 10.1. The number of benzene rings is 2. The molecule has 0 aliphatic rings. The molecule has 0 spiro atoms. The van der Waals surface area contributed by atoms with Gasteiger partial charge in [0.05, 0.1) is 4.92 Å². The van der Waals surface area contributed by atoms with Gasteiger partial charge >= 0.3 is 11.8 Å². The first-order chi connectivity index (χ1) is 13.3. The van der Waals surface area contributed by atoms with Gasteiger partial charge in [-0.25, -0.2) is 0 Å². The first kappa shape index (κ1) is 21.2. The van der Waals surface area contributed by atoms with Gasteiger partial charge < -0.3 is 15.5 Å². The summed E-state index contributed by atoms with van der Waals surface area (Å²) in [4.78, 5) is 36.7. The molecule has 2 amide bonds. The molecule has 28 heavy (non-hydrogen) atoms. The van der Waals surface area contributed by atoms with Crippen molar-refractivity contribution in [1.29, 1.82) is 0 Å². The number of amides is 2. The number of aryl methyl sites for hydroxylation is 1. The maximum atomic E-state index is 12.2. The van der Waals surface area contributed by atoms with Crippen LogP contribution in [0.2, 0.25) is 5.02 Å². The van der Waals surface area contributed by atoms with E-state index in [-0.39, 0.29) is 16.4 Å². The minimum Gasteiger partial charge on any atom is -0.372 e. The number of nitro benzene ring substituents is 1. The number of carbonyl (C=O) groups excluding carboxylic acids is 2. The molecule has 0 bridgehead atoms. The lowest BCUT2D eigenvalue weighted by Gasteiger charge is -2.22. The summed E-state index contributed by atoms with van der Waals surface area (Å²) in [6.45, 7) is 7.66. The Morgan fingerprint density at radius 3 is 2.29 bits per heavy atom. The Hall–Kier alpha value is -3.13. The van der Waals surface area contributed by atoms with Crippen molar-refractivity contribution in [3.63, 3.8) is 0 Å². The van der Waals surface area contributed by atoms with Gasteiger partial charge in [-0.15, -0.1) is 0 Å². The highest BCUT2D eigenvalue weighted by Crippen LogP contribution is 2.27. The average Bonchev–Trinajstić information content (AvgIpc) is 2.66. The summed E-state index contributed by atoms with van der Waals surface area (Å²) in [5.74, 6) is -1.82. The number of carbonyl (C=O) groups is 2. The van der Waals surface area contributed by atoms with Crippen LogP contribution in [0.3, 0.4) is 0 Å². The Morgan fingerprint density at radius 1 is 1.07 bits per heavy atom. The minimum atomic E-state index is -0.941. The second kappa shape index (κ2) is 9.18. The van der Waals surface area contributed by atoms with Crippen molar-refractivity contribution in [2.24, 2.45) is 0 Å². The molecule has 0 aromatic heterocycles. The molecule has 0 heterocycles. The summed E-state index contributed by atoms with van der Waals surface area (Å²) in [6, 6.07) is 9.30. The van der Waals surface area contributed by atoms with Crippen LogP contribution in [0.15, 0.2) is 36.4 Å². The lowest BCUT2D eigenvalue weighted by Crippen LogP contribution is -2.29. The van der Waals surface area contributed by atoms with Gasteiger partial charge in [-0.1, -0.05) is 11.6 Å². The van der Waals surface area contributed by atoms with E-state index in [1.807, 2.05) is 19.1 Å². The summed E-state index contributed by atoms with van der Waals surface area (Å²) >= 11 is 5.73. The van der Waals surface area contributed by atoms with E-state index in [1.54, 1.807) is 6.07 Å². The molecule has 0 radical (unpaired) electrons. The summed E-state index contributed by atoms with van der Waals surface area (Å²) in [5, 5.41) is 15.7. The van der Waals surface area contributed by atoms with Gasteiger partial charge in [-0.3, -0.25) is 19.7 Å². The molecule has 0 fully saturated rings. The Bertz CT molecular complexity index is 913. The topological polar surface area (TPSA) is 105 Å². The van der Waals surface area contributed by atoms with Crippen molar-refractivity contribution >= 4 is 46.2 Å². The zero-order valence-corrected chi connectivity index (χ0v) is 16.5. The molecule has 0 unspecified atom stereocenters. The predicted octanol–water partition coefficient (Wildman–Crippen LogP) is 3.98. The van der Waals surface area contributed by atoms with Crippen LogP contribution in [0.1, 0.15) is 19.4 Å². The van der Waals surface area contributed by atoms with Crippen molar-refractivity contribution in [3.8, 4) is 0 Å². The van der Waals surface area contributed by atoms with Gasteiger partial charge in [0, 0.05) is 36.2 Å². The molecule has 2 rings (SSSR count). The van der Waals surface area contributed by atoms with Crippen LogP contribution in [-0.2, 0) is 9.59 Å². The first-order valence-corrected chi connectivity index (χ1v) is 9.06. The van der Waals surface area contributed by atoms with Crippen molar-refractivity contribution in [2.45, 2.75) is 20.8 Å². The number of nitrogens with one attached hydrogen (secondary N) is 2. The van der Waals surface area contributed by atoms with Gasteiger partial charge in [0.2, 0.25) is 0 Å². The van der Waals surface area contributed by atoms with Crippen LogP contribution in [-0.4, -0.2) is 29.8 Å². The second-order valence-electron chi connectivity index (χ2n) is 6.00. The molecule has 0 saturated heterocycles. The summed E-state index contributed by atoms with van der Waals surface area (Å²) in [5.41, 5.74) is 2.09. The van der Waals surface area contributed by atoms with E-state index in [4.69, 9.17) is 11.6 Å². The van der Waals surface area contributed by atoms with E-state index in [0.29, 0.717) is 5.69 Å². The minimum absolute atomic E-state index is 0.0589. The smallest absolute Gasteiger partial charge is 0.314 e. The van der Waals surface area contributed by atoms with Crippen molar-refractivity contribution in [3.05, 3.63) is 57.1 Å². The number of anilines is 3. The maximum Gasteiger partial charge on any atom is 0.314 e. The quantitative estimate of drug-likeness (QED) is 0.430. The van der Waals surface area contributed by atoms with Crippen molar-refractivity contribution in [2.75, 3.05) is 28.6 Å². The van der Waals surface area contributed by atoms with Gasteiger partial charge in [0.25, 0.3) is 5.69 Å². The van der Waals surface area contributed by atoms with Gasteiger partial charge in [0.1, 0.15) is 5.02 Å². The first-order valence-electron chi connectivity index (χ1n) is 8.68. The molecular weight excluding hydrogens is 384 g/mol. The Balaban J connectivity index is 2.10. The molecule has 0 atom stereocenters. The highest BCUT2D eigenvalue weighted by Gasteiger charge is 2.18. The number of halogens is 1. The number of rotatable bonds is 6. The molecule has 0 aliphatic carbocycles. The third-order valence-corrected chi connectivity index (χ3v) is 4.51. The zero-order chi connectivity index (χ0) is 20.8. The molecule has 0 saturated carbocycles. The fourth-order valence-electron chi connectivity index (χ4n) is 2.67. The Morgan fingerprint density at radius 2 is 1.71 bits per heavy atom. The number of nitro groups is 1. The normalized spacial score (nSPS) is 10.3. The largest absolute Gasteiger partial charge is 0.372 e. The zero-order valence-electron chi connectivity index (χ0n) is 15.8. The van der Waals surface area contributed by atoms with Crippen LogP contribution in [0.4, 0.5) is 22.7 Å². The molecule has 9 heteroatoms. The molecule has 148 valence electrons. The molecule has 8 nitrogen and oxygen atoms in total. The third-order valence-electron chi connectivity index (χ3n) is 4.19. The van der Waals surface area contributed by atoms with Gasteiger partial charge in [0.15, 0.2) is 0 Å². The molecule has 2 aromatic carbocycles. The van der Waals surface area contributed by atoms with Crippen LogP contribution in [0.25, 0.3) is 0 Å². The molecule has 0 aliphatic heterocycles. The summed E-state index contributed by atoms with van der Waals surface area (Å²) < 4.78 is 0.